The zero-order valence-electron chi connectivity index (χ0n) is 7.07. The summed E-state index contributed by atoms with van der Waals surface area (Å²) in [5, 5.41) is 3.68. The van der Waals surface area contributed by atoms with Crippen LogP contribution in [-0.2, 0) is 6.54 Å². The van der Waals surface area contributed by atoms with E-state index in [-0.39, 0.29) is 0 Å². The fourth-order valence-electron chi connectivity index (χ4n) is 1.51. The SMILES string of the molecule is [CH]1CCN(Cc2ccno2)CC1. The number of hydrogen-bond acceptors (Lipinski definition) is 3. The van der Waals surface area contributed by atoms with Crippen molar-refractivity contribution in [3.05, 3.63) is 24.4 Å². The van der Waals surface area contributed by atoms with Crippen molar-refractivity contribution in [2.75, 3.05) is 13.1 Å². The molecule has 1 aliphatic heterocycles. The Bertz CT molecular complexity index is 214. The molecule has 0 unspecified atom stereocenters. The highest BCUT2D eigenvalue weighted by Crippen LogP contribution is 2.11. The molecule has 1 aliphatic rings. The molecule has 3 nitrogen and oxygen atoms in total. The number of rotatable bonds is 2. The monoisotopic (exact) mass is 165 g/mol. The number of likely N-dealkylation sites (tertiary alicyclic amines) is 1. The Hall–Kier alpha value is -0.830. The van der Waals surface area contributed by atoms with Crippen LogP contribution in [0.25, 0.3) is 0 Å². The van der Waals surface area contributed by atoms with Gasteiger partial charge < -0.3 is 4.52 Å². The van der Waals surface area contributed by atoms with Crippen molar-refractivity contribution < 1.29 is 4.52 Å². The molecule has 1 fully saturated rings. The first-order chi connectivity index (χ1) is 5.95. The smallest absolute Gasteiger partial charge is 0.150 e. The predicted octanol–water partition coefficient (Wildman–Crippen LogP) is 1.47. The van der Waals surface area contributed by atoms with Crippen LogP contribution in [0.15, 0.2) is 16.8 Å². The van der Waals surface area contributed by atoms with Gasteiger partial charge in [-0.25, -0.2) is 0 Å². The van der Waals surface area contributed by atoms with Gasteiger partial charge in [-0.2, -0.15) is 0 Å². The Morgan fingerprint density at radius 2 is 2.25 bits per heavy atom. The van der Waals surface area contributed by atoms with E-state index < -0.39 is 0 Å². The van der Waals surface area contributed by atoms with Gasteiger partial charge in [0.2, 0.25) is 0 Å². The van der Waals surface area contributed by atoms with Crippen LogP contribution in [0.3, 0.4) is 0 Å². The van der Waals surface area contributed by atoms with E-state index >= 15 is 0 Å². The van der Waals surface area contributed by atoms with Gasteiger partial charge in [0.15, 0.2) is 5.76 Å². The zero-order valence-corrected chi connectivity index (χ0v) is 7.07. The molecule has 2 heterocycles. The molecule has 3 heteroatoms. The van der Waals surface area contributed by atoms with E-state index in [4.69, 9.17) is 4.52 Å². The molecule has 0 aliphatic carbocycles. The Kier molecular flexibility index (Phi) is 2.42. The third kappa shape index (κ3) is 1.85. The summed E-state index contributed by atoms with van der Waals surface area (Å²) in [4.78, 5) is 2.39. The number of hydrogen-bond donors (Lipinski definition) is 0. The van der Waals surface area contributed by atoms with E-state index in [2.05, 4.69) is 16.5 Å². The van der Waals surface area contributed by atoms with Gasteiger partial charge in [-0.05, 0) is 32.4 Å². The second kappa shape index (κ2) is 3.72. The van der Waals surface area contributed by atoms with Crippen molar-refractivity contribution in [1.29, 1.82) is 0 Å². The van der Waals surface area contributed by atoms with Crippen molar-refractivity contribution in [3.63, 3.8) is 0 Å². The zero-order chi connectivity index (χ0) is 8.23. The predicted molar refractivity (Wildman–Crippen MR) is 45.3 cm³/mol. The van der Waals surface area contributed by atoms with Crippen LogP contribution < -0.4 is 0 Å². The summed E-state index contributed by atoms with van der Waals surface area (Å²) in [5.74, 6) is 0.969. The molecular weight excluding hydrogens is 152 g/mol. The summed E-state index contributed by atoms with van der Waals surface area (Å²) < 4.78 is 5.03. The van der Waals surface area contributed by atoms with E-state index in [0.29, 0.717) is 0 Å². The number of piperidine rings is 1. The quantitative estimate of drug-likeness (QED) is 0.664. The summed E-state index contributed by atoms with van der Waals surface area (Å²) >= 11 is 0. The van der Waals surface area contributed by atoms with Crippen molar-refractivity contribution in [3.8, 4) is 0 Å². The van der Waals surface area contributed by atoms with Gasteiger partial charge in [-0.3, -0.25) is 4.90 Å². The van der Waals surface area contributed by atoms with Crippen LogP contribution in [0.2, 0.25) is 0 Å². The molecule has 0 N–H and O–H groups in total. The second-order valence-electron chi connectivity index (χ2n) is 3.12. The Labute approximate surface area is 72.3 Å². The van der Waals surface area contributed by atoms with Crippen LogP contribution in [0, 0.1) is 6.42 Å². The van der Waals surface area contributed by atoms with Gasteiger partial charge in [0.25, 0.3) is 0 Å². The van der Waals surface area contributed by atoms with E-state index in [1.54, 1.807) is 6.20 Å². The third-order valence-corrected chi connectivity index (χ3v) is 2.17. The van der Waals surface area contributed by atoms with Crippen LogP contribution in [0.4, 0.5) is 0 Å². The first-order valence-corrected chi connectivity index (χ1v) is 4.39. The fourth-order valence-corrected chi connectivity index (χ4v) is 1.51. The fraction of sp³-hybridized carbons (Fsp3) is 0.556. The van der Waals surface area contributed by atoms with Crippen molar-refractivity contribution >= 4 is 0 Å². The summed E-state index contributed by atoms with van der Waals surface area (Å²) in [6.07, 6.45) is 6.45. The van der Waals surface area contributed by atoms with E-state index in [9.17, 15) is 0 Å². The molecule has 1 aromatic rings. The molecule has 0 atom stereocenters. The summed E-state index contributed by atoms with van der Waals surface area (Å²) in [5.41, 5.74) is 0. The minimum atomic E-state index is 0.911. The lowest BCUT2D eigenvalue weighted by Gasteiger charge is -2.24. The highest BCUT2D eigenvalue weighted by atomic mass is 16.5. The third-order valence-electron chi connectivity index (χ3n) is 2.17. The lowest BCUT2D eigenvalue weighted by Crippen LogP contribution is -2.29. The van der Waals surface area contributed by atoms with E-state index in [0.717, 1.165) is 25.4 Å². The summed E-state index contributed by atoms with van der Waals surface area (Å²) in [6, 6.07) is 1.93. The summed E-state index contributed by atoms with van der Waals surface area (Å²) in [6.45, 7) is 3.22. The van der Waals surface area contributed by atoms with Gasteiger partial charge in [0.05, 0.1) is 12.7 Å². The van der Waals surface area contributed by atoms with Gasteiger partial charge in [0.1, 0.15) is 0 Å². The molecule has 12 heavy (non-hydrogen) atoms. The number of nitrogens with zero attached hydrogens (tertiary/aromatic N) is 2. The highest BCUT2D eigenvalue weighted by Gasteiger charge is 2.11. The van der Waals surface area contributed by atoms with Crippen molar-refractivity contribution in [2.45, 2.75) is 19.4 Å². The molecule has 0 bridgehead atoms. The second-order valence-corrected chi connectivity index (χ2v) is 3.12. The highest BCUT2D eigenvalue weighted by molar-refractivity contribution is 4.93. The van der Waals surface area contributed by atoms with Crippen LogP contribution in [0.1, 0.15) is 18.6 Å². The van der Waals surface area contributed by atoms with Crippen molar-refractivity contribution in [2.24, 2.45) is 0 Å². The lowest BCUT2D eigenvalue weighted by molar-refractivity contribution is 0.216. The average Bonchev–Trinajstić information content (AvgIpc) is 2.59. The molecule has 65 valence electrons. The van der Waals surface area contributed by atoms with Crippen LogP contribution in [0.5, 0.6) is 0 Å². The van der Waals surface area contributed by atoms with Gasteiger partial charge in [0, 0.05) is 6.07 Å². The molecule has 0 spiro atoms. The number of aromatic nitrogens is 1. The maximum absolute atomic E-state index is 5.03. The van der Waals surface area contributed by atoms with Gasteiger partial charge in [-0.15, -0.1) is 0 Å². The topological polar surface area (TPSA) is 29.3 Å². The molecule has 1 aromatic heterocycles. The van der Waals surface area contributed by atoms with Crippen molar-refractivity contribution in [1.82, 2.24) is 10.1 Å². The Morgan fingerprint density at radius 3 is 2.92 bits per heavy atom. The minimum absolute atomic E-state index is 0.911. The minimum Gasteiger partial charge on any atom is -0.360 e. The lowest BCUT2D eigenvalue weighted by atomic mass is 10.1. The molecule has 1 saturated heterocycles. The maximum atomic E-state index is 5.03. The summed E-state index contributed by atoms with van der Waals surface area (Å²) in [7, 11) is 0. The maximum Gasteiger partial charge on any atom is 0.150 e. The Morgan fingerprint density at radius 1 is 1.42 bits per heavy atom. The molecule has 0 amide bonds. The molecular formula is C9H13N2O. The standard InChI is InChI=1S/C9H13N2O/c1-2-6-11(7-3-1)8-9-4-5-10-12-9/h1,4-5H,2-3,6-8H2. The first-order valence-electron chi connectivity index (χ1n) is 4.39. The molecule has 0 saturated carbocycles. The van der Waals surface area contributed by atoms with Gasteiger partial charge in [-0.1, -0.05) is 5.16 Å². The molecule has 1 radical (unpaired) electrons. The van der Waals surface area contributed by atoms with Gasteiger partial charge >= 0.3 is 0 Å². The normalized spacial score (nSPS) is 19.7. The molecule has 0 aromatic carbocycles. The first kappa shape index (κ1) is 7.80. The van der Waals surface area contributed by atoms with Crippen LogP contribution in [-0.4, -0.2) is 23.1 Å². The molecule has 2 rings (SSSR count). The van der Waals surface area contributed by atoms with E-state index in [1.165, 1.54) is 12.8 Å². The average molecular weight is 165 g/mol. The van der Waals surface area contributed by atoms with Crippen LogP contribution >= 0.6 is 0 Å². The Balaban J connectivity index is 1.86. The van der Waals surface area contributed by atoms with E-state index in [1.807, 2.05) is 6.07 Å². The largest absolute Gasteiger partial charge is 0.360 e.